The smallest absolute Gasteiger partial charge is 0.412 e. The highest BCUT2D eigenvalue weighted by molar-refractivity contribution is 5.89. The van der Waals surface area contributed by atoms with Gasteiger partial charge in [-0.1, -0.05) is 12.1 Å². The summed E-state index contributed by atoms with van der Waals surface area (Å²) in [5.41, 5.74) is 1.22. The van der Waals surface area contributed by atoms with Crippen molar-refractivity contribution in [2.45, 2.75) is 6.54 Å². The van der Waals surface area contributed by atoms with Crippen molar-refractivity contribution < 1.29 is 18.7 Å². The van der Waals surface area contributed by atoms with E-state index in [1.807, 2.05) is 12.1 Å². The van der Waals surface area contributed by atoms with Crippen molar-refractivity contribution in [3.8, 4) is 0 Å². The maximum absolute atomic E-state index is 11.9. The average molecular weight is 316 g/mol. The molecule has 1 aromatic carbocycles. The maximum Gasteiger partial charge on any atom is 0.412 e. The number of para-hydroxylation sites is 2. The molecule has 0 bridgehead atoms. The highest BCUT2D eigenvalue weighted by Gasteiger charge is 2.12. The van der Waals surface area contributed by atoms with E-state index in [4.69, 9.17) is 4.42 Å². The Kier molecular flexibility index (Phi) is 3.87. The Bertz CT molecular complexity index is 822. The lowest BCUT2D eigenvalue weighted by atomic mass is 10.3. The molecule has 2 N–H and O–H groups in total. The number of hydrogen-bond acceptors (Lipinski definition) is 7. The zero-order chi connectivity index (χ0) is 16.2. The molecule has 0 aliphatic rings. The zero-order valence-electron chi connectivity index (χ0n) is 12.0. The van der Waals surface area contributed by atoms with Crippen LogP contribution in [-0.4, -0.2) is 39.1 Å². The topological polar surface area (TPSA) is 124 Å². The van der Waals surface area contributed by atoms with Gasteiger partial charge in [0.05, 0.1) is 13.3 Å². The number of hydrogen-bond donors (Lipinski definition) is 2. The molecule has 0 atom stereocenters. The number of amides is 2. The molecular weight excluding hydrogens is 304 g/mol. The monoisotopic (exact) mass is 316 g/mol. The maximum atomic E-state index is 11.9. The molecule has 0 radical (unpaired) electrons. The summed E-state index contributed by atoms with van der Waals surface area (Å²) >= 11 is 0. The van der Waals surface area contributed by atoms with E-state index in [1.54, 1.807) is 12.1 Å². The minimum absolute atomic E-state index is 0.0938. The number of aromatic nitrogens is 4. The summed E-state index contributed by atoms with van der Waals surface area (Å²) in [5.74, 6) is -0.247. The Morgan fingerprint density at radius 3 is 2.91 bits per heavy atom. The first kappa shape index (κ1) is 14.5. The minimum Gasteiger partial charge on any atom is -0.453 e. The lowest BCUT2D eigenvalue weighted by Crippen LogP contribution is -2.20. The summed E-state index contributed by atoms with van der Waals surface area (Å²) in [5, 5.41) is 12.6. The highest BCUT2D eigenvalue weighted by Crippen LogP contribution is 2.17. The number of ether oxygens (including phenoxy) is 1. The molecule has 10 nitrogen and oxygen atoms in total. The van der Waals surface area contributed by atoms with Crippen LogP contribution >= 0.6 is 0 Å². The number of fused-ring (bicyclic) bond motifs is 1. The summed E-state index contributed by atoms with van der Waals surface area (Å²) in [6.07, 6.45) is 0.622. The van der Waals surface area contributed by atoms with E-state index in [0.717, 1.165) is 4.80 Å². The van der Waals surface area contributed by atoms with Crippen molar-refractivity contribution in [1.82, 2.24) is 20.0 Å². The first-order valence-corrected chi connectivity index (χ1v) is 6.54. The predicted molar refractivity (Wildman–Crippen MR) is 78.7 cm³/mol. The quantitative estimate of drug-likeness (QED) is 0.741. The fourth-order valence-corrected chi connectivity index (χ4v) is 1.80. The van der Waals surface area contributed by atoms with Gasteiger partial charge in [0.15, 0.2) is 11.4 Å². The summed E-state index contributed by atoms with van der Waals surface area (Å²) in [4.78, 5) is 28.2. The van der Waals surface area contributed by atoms with E-state index < -0.39 is 12.0 Å². The van der Waals surface area contributed by atoms with Crippen molar-refractivity contribution in [2.75, 3.05) is 17.7 Å². The molecule has 0 saturated carbocycles. The molecule has 3 aromatic rings. The van der Waals surface area contributed by atoms with Gasteiger partial charge in [0.2, 0.25) is 0 Å². The molecule has 0 saturated heterocycles. The van der Waals surface area contributed by atoms with E-state index in [2.05, 4.69) is 30.6 Å². The Morgan fingerprint density at radius 2 is 2.13 bits per heavy atom. The standard InChI is InChI=1S/C13H12N6O4/c1-22-13(21)16-10-6-14-19(18-10)7-11(20)17-12-15-8-4-2-3-5-9(8)23-12/h2-6H,7H2,1H3,(H,15,17,20)(H,16,18,21). The number of nitrogens with zero attached hydrogens (tertiary/aromatic N) is 4. The average Bonchev–Trinajstić information content (AvgIpc) is 3.12. The number of nitrogens with one attached hydrogen (secondary N) is 2. The lowest BCUT2D eigenvalue weighted by Gasteiger charge is -2.00. The van der Waals surface area contributed by atoms with E-state index in [9.17, 15) is 9.59 Å². The minimum atomic E-state index is -0.673. The van der Waals surface area contributed by atoms with Crippen LogP contribution in [0.3, 0.4) is 0 Å². The summed E-state index contributed by atoms with van der Waals surface area (Å²) in [6.45, 7) is -0.165. The molecule has 0 unspecified atom stereocenters. The molecule has 2 amide bonds. The van der Waals surface area contributed by atoms with Gasteiger partial charge in [-0.2, -0.15) is 14.9 Å². The third kappa shape index (κ3) is 3.43. The number of benzene rings is 1. The van der Waals surface area contributed by atoms with Gasteiger partial charge in [0.25, 0.3) is 5.91 Å². The van der Waals surface area contributed by atoms with Crippen molar-refractivity contribution >= 4 is 34.9 Å². The first-order valence-electron chi connectivity index (χ1n) is 6.54. The molecule has 10 heteroatoms. The molecule has 3 rings (SSSR count). The van der Waals surface area contributed by atoms with Gasteiger partial charge >= 0.3 is 12.1 Å². The Morgan fingerprint density at radius 1 is 1.30 bits per heavy atom. The molecule has 0 spiro atoms. The third-order valence-electron chi connectivity index (χ3n) is 2.78. The molecule has 118 valence electrons. The van der Waals surface area contributed by atoms with Crippen LogP contribution in [-0.2, 0) is 16.1 Å². The summed E-state index contributed by atoms with van der Waals surface area (Å²) < 4.78 is 9.81. The molecule has 2 aromatic heterocycles. The Labute approximate surface area is 129 Å². The van der Waals surface area contributed by atoms with Crippen molar-refractivity contribution in [3.05, 3.63) is 30.5 Å². The van der Waals surface area contributed by atoms with Crippen LogP contribution in [0, 0.1) is 0 Å². The normalized spacial score (nSPS) is 10.5. The van der Waals surface area contributed by atoms with Crippen molar-refractivity contribution in [3.63, 3.8) is 0 Å². The second-order valence-electron chi connectivity index (χ2n) is 4.41. The van der Waals surface area contributed by atoms with Gasteiger partial charge in [0.1, 0.15) is 12.1 Å². The number of anilines is 2. The second-order valence-corrected chi connectivity index (χ2v) is 4.41. The number of rotatable bonds is 4. The van der Waals surface area contributed by atoms with E-state index >= 15 is 0 Å². The van der Waals surface area contributed by atoms with Gasteiger partial charge in [-0.25, -0.2) is 4.79 Å². The van der Waals surface area contributed by atoms with Gasteiger partial charge in [-0.05, 0) is 12.1 Å². The highest BCUT2D eigenvalue weighted by atomic mass is 16.5. The van der Waals surface area contributed by atoms with Gasteiger partial charge in [-0.15, -0.1) is 5.10 Å². The van der Waals surface area contributed by atoms with Gasteiger partial charge < -0.3 is 9.15 Å². The van der Waals surface area contributed by atoms with E-state index in [1.165, 1.54) is 13.3 Å². The Balaban J connectivity index is 1.61. The fraction of sp³-hybridized carbons (Fsp3) is 0.154. The number of oxazole rings is 1. The van der Waals surface area contributed by atoms with E-state index in [-0.39, 0.29) is 18.4 Å². The molecule has 0 fully saturated rings. The summed E-state index contributed by atoms with van der Waals surface area (Å²) in [6, 6.07) is 7.24. The SMILES string of the molecule is COC(=O)Nc1cnn(CC(=O)Nc2nc3ccccc3o2)n1. The number of methoxy groups -OCH3 is 1. The largest absolute Gasteiger partial charge is 0.453 e. The zero-order valence-corrected chi connectivity index (χ0v) is 12.0. The van der Waals surface area contributed by atoms with Crippen LogP contribution in [0.1, 0.15) is 0 Å². The van der Waals surface area contributed by atoms with Crippen molar-refractivity contribution in [1.29, 1.82) is 0 Å². The molecular formula is C13H12N6O4. The van der Waals surface area contributed by atoms with Crippen molar-refractivity contribution in [2.24, 2.45) is 0 Å². The van der Waals surface area contributed by atoms with Gasteiger partial charge in [-0.3, -0.25) is 15.4 Å². The number of carbonyl (C=O) groups is 2. The van der Waals surface area contributed by atoms with Crippen LogP contribution in [0.15, 0.2) is 34.9 Å². The fourth-order valence-electron chi connectivity index (χ4n) is 1.80. The van der Waals surface area contributed by atoms with Crippen LogP contribution in [0.4, 0.5) is 16.6 Å². The van der Waals surface area contributed by atoms with Crippen LogP contribution in [0.2, 0.25) is 0 Å². The van der Waals surface area contributed by atoms with Crippen LogP contribution < -0.4 is 10.6 Å². The number of carbonyl (C=O) groups excluding carboxylic acids is 2. The Hall–Kier alpha value is -3.43. The van der Waals surface area contributed by atoms with Gasteiger partial charge in [0, 0.05) is 0 Å². The second kappa shape index (κ2) is 6.13. The summed E-state index contributed by atoms with van der Waals surface area (Å²) in [7, 11) is 1.23. The van der Waals surface area contributed by atoms with Crippen LogP contribution in [0.5, 0.6) is 0 Å². The van der Waals surface area contributed by atoms with Crippen LogP contribution in [0.25, 0.3) is 11.1 Å². The predicted octanol–water partition coefficient (Wildman–Crippen LogP) is 1.24. The van der Waals surface area contributed by atoms with E-state index in [0.29, 0.717) is 11.1 Å². The lowest BCUT2D eigenvalue weighted by molar-refractivity contribution is -0.117. The first-order chi connectivity index (χ1) is 11.1. The molecule has 23 heavy (non-hydrogen) atoms. The molecule has 2 heterocycles. The molecule has 0 aliphatic carbocycles. The third-order valence-corrected chi connectivity index (χ3v) is 2.78. The molecule has 0 aliphatic heterocycles.